The van der Waals surface area contributed by atoms with Gasteiger partial charge in [-0.05, 0) is 42.2 Å². The van der Waals surface area contributed by atoms with Gasteiger partial charge >= 0.3 is 0 Å². The molecule has 108 valence electrons. The Balaban J connectivity index is 3.15. The molecule has 0 saturated carbocycles. The molecule has 0 bridgehead atoms. The van der Waals surface area contributed by atoms with Crippen LogP contribution in [0.3, 0.4) is 0 Å². The zero-order valence-corrected chi connectivity index (χ0v) is 12.7. The van der Waals surface area contributed by atoms with Crippen molar-refractivity contribution in [2.24, 2.45) is 0 Å². The van der Waals surface area contributed by atoms with Gasteiger partial charge in [-0.2, -0.15) is 0 Å². The lowest BCUT2D eigenvalue weighted by molar-refractivity contribution is 0.0627. The molecule has 1 N–H and O–H groups in total. The fourth-order valence-corrected chi connectivity index (χ4v) is 2.39. The summed E-state index contributed by atoms with van der Waals surface area (Å²) >= 11 is 12.1. The predicted molar refractivity (Wildman–Crippen MR) is 82.2 cm³/mol. The van der Waals surface area contributed by atoms with Crippen molar-refractivity contribution in [1.29, 1.82) is 5.41 Å². The number of allylic oxidation sites excluding steroid dienone is 3. The number of halogens is 4. The van der Waals surface area contributed by atoms with Crippen LogP contribution in [0.1, 0.15) is 25.8 Å². The summed E-state index contributed by atoms with van der Waals surface area (Å²) in [5.41, 5.74) is 1.08. The van der Waals surface area contributed by atoms with E-state index in [-0.39, 0.29) is 17.6 Å². The van der Waals surface area contributed by atoms with Crippen molar-refractivity contribution in [3.63, 3.8) is 0 Å². The number of hydrogen-bond donors (Lipinski definition) is 1. The first kappa shape index (κ1) is 16.9. The average molecular weight is 318 g/mol. The largest absolute Gasteiger partial charge is 0.308 e. The second-order valence-corrected chi connectivity index (χ2v) is 5.37. The highest BCUT2D eigenvalue weighted by atomic mass is 35.5. The van der Waals surface area contributed by atoms with E-state index >= 15 is 0 Å². The zero-order chi connectivity index (χ0) is 15.5. The first-order valence-corrected chi connectivity index (χ1v) is 6.64. The van der Waals surface area contributed by atoms with Crippen molar-refractivity contribution < 1.29 is 8.78 Å². The minimum atomic E-state index is -2.97. The molecule has 1 aromatic rings. The van der Waals surface area contributed by atoms with Crippen LogP contribution in [0.2, 0.25) is 10.0 Å². The van der Waals surface area contributed by atoms with Crippen molar-refractivity contribution in [2.75, 3.05) is 0 Å². The summed E-state index contributed by atoms with van der Waals surface area (Å²) in [6, 6.07) is 5.01. The Hall–Kier alpha value is -1.19. The number of rotatable bonds is 5. The van der Waals surface area contributed by atoms with E-state index in [1.807, 2.05) is 0 Å². The summed E-state index contributed by atoms with van der Waals surface area (Å²) in [7, 11) is 0. The van der Waals surface area contributed by atoms with Crippen molar-refractivity contribution in [3.8, 4) is 0 Å². The minimum Gasteiger partial charge on any atom is -0.308 e. The summed E-state index contributed by atoms with van der Waals surface area (Å²) in [4.78, 5) is 0. The second-order valence-electron chi connectivity index (χ2n) is 4.56. The molecule has 0 fully saturated rings. The normalized spacial score (nSPS) is 12.9. The molecule has 0 amide bonds. The van der Waals surface area contributed by atoms with Crippen LogP contribution in [0.25, 0.3) is 5.57 Å². The maximum Gasteiger partial charge on any atom is 0.266 e. The fraction of sp³-hybridized carbons (Fsp3) is 0.267. The summed E-state index contributed by atoms with van der Waals surface area (Å²) in [6.45, 7) is 5.96. The van der Waals surface area contributed by atoms with Crippen LogP contribution in [0.15, 0.2) is 35.9 Å². The Kier molecular flexibility index (Phi) is 5.49. The first-order valence-electron chi connectivity index (χ1n) is 5.89. The van der Waals surface area contributed by atoms with E-state index in [1.54, 1.807) is 18.2 Å². The van der Waals surface area contributed by atoms with Gasteiger partial charge in [0.25, 0.3) is 5.92 Å². The van der Waals surface area contributed by atoms with Gasteiger partial charge in [0, 0.05) is 28.7 Å². The van der Waals surface area contributed by atoms with E-state index in [0.29, 0.717) is 21.2 Å². The maximum absolute atomic E-state index is 13.3. The molecule has 0 aliphatic heterocycles. The molecule has 1 rings (SSSR count). The van der Waals surface area contributed by atoms with Crippen LogP contribution in [-0.4, -0.2) is 12.1 Å². The van der Waals surface area contributed by atoms with Crippen molar-refractivity contribution in [1.82, 2.24) is 0 Å². The van der Waals surface area contributed by atoms with Gasteiger partial charge in [0.05, 0.1) is 0 Å². The van der Waals surface area contributed by atoms with Crippen molar-refractivity contribution in [3.05, 3.63) is 51.5 Å². The highest BCUT2D eigenvalue weighted by molar-refractivity contribution is 6.37. The van der Waals surface area contributed by atoms with Gasteiger partial charge < -0.3 is 5.41 Å². The van der Waals surface area contributed by atoms with Gasteiger partial charge in [-0.25, -0.2) is 8.78 Å². The Bertz CT molecular complexity index is 551. The van der Waals surface area contributed by atoms with E-state index < -0.39 is 5.92 Å². The lowest BCUT2D eigenvalue weighted by Crippen LogP contribution is -2.14. The highest BCUT2D eigenvalue weighted by Gasteiger charge is 2.26. The number of nitrogens with one attached hydrogen (secondary N) is 1. The lowest BCUT2D eigenvalue weighted by Gasteiger charge is -2.16. The van der Waals surface area contributed by atoms with Gasteiger partial charge in [0.2, 0.25) is 0 Å². The van der Waals surface area contributed by atoms with Gasteiger partial charge in [0.1, 0.15) is 0 Å². The summed E-state index contributed by atoms with van der Waals surface area (Å²) < 4.78 is 26.6. The zero-order valence-electron chi connectivity index (χ0n) is 11.2. The molecule has 0 spiro atoms. The van der Waals surface area contributed by atoms with Gasteiger partial charge in [-0.3, -0.25) is 0 Å². The lowest BCUT2D eigenvalue weighted by atomic mass is 9.95. The summed E-state index contributed by atoms with van der Waals surface area (Å²) in [6.07, 6.45) is 1.02. The van der Waals surface area contributed by atoms with E-state index in [1.165, 1.54) is 6.92 Å². The molecule has 0 aliphatic rings. The second kappa shape index (κ2) is 6.51. The van der Waals surface area contributed by atoms with E-state index in [4.69, 9.17) is 28.6 Å². The number of benzene rings is 1. The standard InChI is InChI=1S/C15H15Cl2F2N/c1-9(14-12(16)5-4-6-13(14)17)7-11(8-20)10(2)15(3,18)19/h4-6,8,20H,1,7H2,2-3H3/b11-10+,20-8?. The van der Waals surface area contributed by atoms with E-state index in [9.17, 15) is 8.78 Å². The monoisotopic (exact) mass is 317 g/mol. The number of alkyl halides is 2. The van der Waals surface area contributed by atoms with Crippen LogP contribution < -0.4 is 0 Å². The Labute approximate surface area is 127 Å². The van der Waals surface area contributed by atoms with Crippen LogP contribution in [0.5, 0.6) is 0 Å². The van der Waals surface area contributed by atoms with E-state index in [2.05, 4.69) is 6.58 Å². The molecule has 1 aromatic carbocycles. The van der Waals surface area contributed by atoms with Crippen molar-refractivity contribution >= 4 is 35.0 Å². The third kappa shape index (κ3) is 3.90. The van der Waals surface area contributed by atoms with Crippen LogP contribution in [0.4, 0.5) is 8.78 Å². The molecule has 20 heavy (non-hydrogen) atoms. The summed E-state index contributed by atoms with van der Waals surface area (Å²) in [5.74, 6) is -2.97. The number of hydrogen-bond acceptors (Lipinski definition) is 1. The molecular formula is C15H15Cl2F2N. The molecule has 0 saturated heterocycles. The first-order chi connectivity index (χ1) is 9.18. The Morgan fingerprint density at radius 3 is 2.25 bits per heavy atom. The molecule has 1 nitrogen and oxygen atoms in total. The molecule has 0 aliphatic carbocycles. The third-order valence-electron chi connectivity index (χ3n) is 3.03. The maximum atomic E-state index is 13.3. The molecule has 0 atom stereocenters. The van der Waals surface area contributed by atoms with Crippen molar-refractivity contribution in [2.45, 2.75) is 26.2 Å². The smallest absolute Gasteiger partial charge is 0.266 e. The average Bonchev–Trinajstić information content (AvgIpc) is 2.33. The third-order valence-corrected chi connectivity index (χ3v) is 3.66. The predicted octanol–water partition coefficient (Wildman–Crippen LogP) is 6.02. The molecule has 5 heteroatoms. The molecule has 0 radical (unpaired) electrons. The van der Waals surface area contributed by atoms with Crippen LogP contribution >= 0.6 is 23.2 Å². The highest BCUT2D eigenvalue weighted by Crippen LogP contribution is 2.35. The van der Waals surface area contributed by atoms with Gasteiger partial charge in [-0.1, -0.05) is 35.8 Å². The molecule has 0 unspecified atom stereocenters. The van der Waals surface area contributed by atoms with Gasteiger partial charge in [-0.15, -0.1) is 0 Å². The quantitative estimate of drug-likeness (QED) is 0.642. The molecule has 0 heterocycles. The molecule has 0 aromatic heterocycles. The minimum absolute atomic E-state index is 0.0994. The van der Waals surface area contributed by atoms with E-state index in [0.717, 1.165) is 13.1 Å². The van der Waals surface area contributed by atoms with Crippen LogP contribution in [-0.2, 0) is 0 Å². The SMILES string of the molecule is C=C(C/C(C=N)=C(/C)C(C)(F)F)c1c(Cl)cccc1Cl. The fourth-order valence-electron chi connectivity index (χ4n) is 1.73. The van der Waals surface area contributed by atoms with Crippen LogP contribution in [0, 0.1) is 5.41 Å². The topological polar surface area (TPSA) is 23.9 Å². The molecular weight excluding hydrogens is 303 g/mol. The Morgan fingerprint density at radius 2 is 1.85 bits per heavy atom. The van der Waals surface area contributed by atoms with Gasteiger partial charge in [0.15, 0.2) is 0 Å². The Morgan fingerprint density at radius 1 is 1.35 bits per heavy atom. The summed E-state index contributed by atoms with van der Waals surface area (Å²) in [5, 5.41) is 8.13.